The number of imidazole rings is 1. The van der Waals surface area contributed by atoms with Gasteiger partial charge in [-0.3, -0.25) is 4.21 Å². The van der Waals surface area contributed by atoms with Crippen molar-refractivity contribution >= 4 is 45.7 Å². The number of aryl methyl sites for hydroxylation is 1. The number of aromatic nitrogens is 2. The maximum Gasteiger partial charge on any atom is 0.178 e. The van der Waals surface area contributed by atoms with Gasteiger partial charge in [-0.05, 0) is 30.8 Å². The molecule has 3 nitrogen and oxygen atoms in total. The first kappa shape index (κ1) is 12.8. The van der Waals surface area contributed by atoms with Crippen molar-refractivity contribution < 1.29 is 4.21 Å². The van der Waals surface area contributed by atoms with E-state index in [4.69, 9.17) is 23.8 Å². The fourth-order valence-electron chi connectivity index (χ4n) is 1.79. The highest BCUT2D eigenvalue weighted by Crippen LogP contribution is 2.22. The highest BCUT2D eigenvalue weighted by molar-refractivity contribution is 7.84. The predicted octanol–water partition coefficient (Wildman–Crippen LogP) is 3.12. The zero-order valence-corrected chi connectivity index (χ0v) is 11.8. The van der Waals surface area contributed by atoms with Crippen LogP contribution in [0.25, 0.3) is 11.0 Å². The molecule has 6 heteroatoms. The van der Waals surface area contributed by atoms with E-state index in [1.54, 1.807) is 6.26 Å². The average molecular weight is 289 g/mol. The fraction of sp³-hybridized carbons (Fsp3) is 0.364. The van der Waals surface area contributed by atoms with Crippen LogP contribution < -0.4 is 0 Å². The Morgan fingerprint density at radius 2 is 2.29 bits per heavy atom. The summed E-state index contributed by atoms with van der Waals surface area (Å²) in [6.07, 6.45) is 2.56. The van der Waals surface area contributed by atoms with Crippen molar-refractivity contribution in [3.8, 4) is 0 Å². The largest absolute Gasteiger partial charge is 0.329 e. The zero-order valence-electron chi connectivity index (χ0n) is 9.40. The number of para-hydroxylation sites is 1. The van der Waals surface area contributed by atoms with E-state index in [-0.39, 0.29) is 0 Å². The quantitative estimate of drug-likeness (QED) is 0.878. The molecule has 92 valence electrons. The molecule has 1 atom stereocenters. The van der Waals surface area contributed by atoms with E-state index in [9.17, 15) is 4.21 Å². The number of nitrogens with zero attached hydrogens (tertiary/aromatic N) is 1. The van der Waals surface area contributed by atoms with Crippen LogP contribution in [0.15, 0.2) is 18.2 Å². The minimum absolute atomic E-state index is 0.662. The lowest BCUT2D eigenvalue weighted by molar-refractivity contribution is 0.665. The molecule has 0 saturated heterocycles. The van der Waals surface area contributed by atoms with Crippen LogP contribution in [0.5, 0.6) is 0 Å². The van der Waals surface area contributed by atoms with Gasteiger partial charge in [-0.15, -0.1) is 0 Å². The molecule has 17 heavy (non-hydrogen) atoms. The molecule has 1 heterocycles. The van der Waals surface area contributed by atoms with E-state index in [0.29, 0.717) is 15.5 Å². The molecule has 1 N–H and O–H groups in total. The van der Waals surface area contributed by atoms with Gasteiger partial charge in [0, 0.05) is 29.4 Å². The third kappa shape index (κ3) is 2.78. The number of benzene rings is 1. The second-order valence-corrected chi connectivity index (χ2v) is 6.20. The van der Waals surface area contributed by atoms with Crippen molar-refractivity contribution in [2.45, 2.75) is 13.0 Å². The summed E-state index contributed by atoms with van der Waals surface area (Å²) in [5, 5.41) is 0.673. The number of halogens is 1. The molecule has 1 unspecified atom stereocenters. The molecule has 0 fully saturated rings. The number of H-pyrrole nitrogens is 1. The van der Waals surface area contributed by atoms with Gasteiger partial charge < -0.3 is 9.55 Å². The van der Waals surface area contributed by atoms with E-state index >= 15 is 0 Å². The normalized spacial score (nSPS) is 13.1. The topological polar surface area (TPSA) is 37.8 Å². The van der Waals surface area contributed by atoms with Crippen LogP contribution in [0.3, 0.4) is 0 Å². The number of hydrogen-bond donors (Lipinski definition) is 1. The molecular weight excluding hydrogens is 276 g/mol. The Kier molecular flexibility index (Phi) is 4.01. The molecule has 1 aromatic carbocycles. The molecule has 0 saturated carbocycles. The molecule has 0 radical (unpaired) electrons. The first-order valence-electron chi connectivity index (χ1n) is 5.26. The van der Waals surface area contributed by atoms with Gasteiger partial charge in [-0.1, -0.05) is 17.7 Å². The summed E-state index contributed by atoms with van der Waals surface area (Å²) in [6, 6.07) is 5.72. The van der Waals surface area contributed by atoms with E-state index in [2.05, 4.69) is 4.98 Å². The number of rotatable bonds is 4. The summed E-state index contributed by atoms with van der Waals surface area (Å²) >= 11 is 11.4. The number of hydrogen-bond acceptors (Lipinski definition) is 2. The van der Waals surface area contributed by atoms with Crippen molar-refractivity contribution in [2.75, 3.05) is 12.0 Å². The lowest BCUT2D eigenvalue weighted by Gasteiger charge is -2.03. The summed E-state index contributed by atoms with van der Waals surface area (Å²) in [5.74, 6) is 0.689. The zero-order chi connectivity index (χ0) is 12.4. The standard InChI is InChI=1S/C11H13ClN2OS2/c1-17(15)7-3-6-14-9-5-2-4-8(12)10(9)13-11(14)16/h2,4-5H,3,6-7H2,1H3,(H,13,16). The van der Waals surface area contributed by atoms with Gasteiger partial charge in [0.1, 0.15) is 0 Å². The maximum atomic E-state index is 11.0. The van der Waals surface area contributed by atoms with Crippen LogP contribution in [0.1, 0.15) is 6.42 Å². The second kappa shape index (κ2) is 5.33. The Bertz CT molecular complexity index is 617. The smallest absolute Gasteiger partial charge is 0.178 e. The van der Waals surface area contributed by atoms with Gasteiger partial charge >= 0.3 is 0 Å². The molecular formula is C11H13ClN2OS2. The second-order valence-electron chi connectivity index (χ2n) is 3.85. The monoisotopic (exact) mass is 288 g/mol. The average Bonchev–Trinajstić information content (AvgIpc) is 2.57. The Morgan fingerprint density at radius 3 is 3.00 bits per heavy atom. The van der Waals surface area contributed by atoms with E-state index in [1.807, 2.05) is 22.8 Å². The molecule has 0 spiro atoms. The van der Waals surface area contributed by atoms with Crippen molar-refractivity contribution in [1.82, 2.24) is 9.55 Å². The van der Waals surface area contributed by atoms with Gasteiger partial charge in [-0.2, -0.15) is 0 Å². The molecule has 2 rings (SSSR count). The SMILES string of the molecule is CS(=O)CCCn1c(=S)[nH]c2c(Cl)cccc21. The lowest BCUT2D eigenvalue weighted by Crippen LogP contribution is -2.03. The minimum atomic E-state index is -0.755. The molecule has 2 aromatic rings. The van der Waals surface area contributed by atoms with Crippen LogP contribution in [-0.4, -0.2) is 25.8 Å². The molecule has 0 aliphatic rings. The van der Waals surface area contributed by atoms with Gasteiger partial charge in [0.25, 0.3) is 0 Å². The fourth-order valence-corrected chi connectivity index (χ4v) is 2.84. The van der Waals surface area contributed by atoms with Crippen molar-refractivity contribution in [2.24, 2.45) is 0 Å². The number of aromatic amines is 1. The van der Waals surface area contributed by atoms with Gasteiger partial charge in [0.05, 0.1) is 16.1 Å². The first-order chi connectivity index (χ1) is 8.09. The van der Waals surface area contributed by atoms with Crippen molar-refractivity contribution in [1.29, 1.82) is 0 Å². The number of nitrogens with one attached hydrogen (secondary N) is 1. The maximum absolute atomic E-state index is 11.0. The highest BCUT2D eigenvalue weighted by atomic mass is 35.5. The van der Waals surface area contributed by atoms with Crippen molar-refractivity contribution in [3.63, 3.8) is 0 Å². The summed E-state index contributed by atoms with van der Waals surface area (Å²) in [7, 11) is -0.755. The Labute approximate surface area is 112 Å². The molecule has 0 aliphatic heterocycles. The van der Waals surface area contributed by atoms with E-state index in [0.717, 1.165) is 24.0 Å². The van der Waals surface area contributed by atoms with Gasteiger partial charge in [0.15, 0.2) is 4.77 Å². The molecule has 0 aliphatic carbocycles. The van der Waals surface area contributed by atoms with E-state index in [1.165, 1.54) is 0 Å². The third-order valence-corrected chi connectivity index (χ3v) is 4.07. The van der Waals surface area contributed by atoms with Gasteiger partial charge in [0.2, 0.25) is 0 Å². The Morgan fingerprint density at radius 1 is 1.53 bits per heavy atom. The highest BCUT2D eigenvalue weighted by Gasteiger charge is 2.06. The van der Waals surface area contributed by atoms with Crippen LogP contribution in [0, 0.1) is 4.77 Å². The van der Waals surface area contributed by atoms with Crippen LogP contribution in [0.2, 0.25) is 5.02 Å². The first-order valence-corrected chi connectivity index (χ1v) is 7.78. The van der Waals surface area contributed by atoms with E-state index < -0.39 is 10.8 Å². The molecule has 0 bridgehead atoms. The van der Waals surface area contributed by atoms with Crippen molar-refractivity contribution in [3.05, 3.63) is 28.0 Å². The lowest BCUT2D eigenvalue weighted by atomic mass is 10.3. The summed E-state index contributed by atoms with van der Waals surface area (Å²) in [6.45, 7) is 0.763. The van der Waals surface area contributed by atoms with Gasteiger partial charge in [-0.25, -0.2) is 0 Å². The van der Waals surface area contributed by atoms with Crippen LogP contribution >= 0.6 is 23.8 Å². The molecule has 0 amide bonds. The minimum Gasteiger partial charge on any atom is -0.329 e. The summed E-state index contributed by atoms with van der Waals surface area (Å²) in [5.41, 5.74) is 1.88. The Balaban J connectivity index is 2.34. The van der Waals surface area contributed by atoms with Crippen LogP contribution in [0.4, 0.5) is 0 Å². The predicted molar refractivity (Wildman–Crippen MR) is 75.7 cm³/mol. The Hall–Kier alpha value is -0.650. The molecule has 1 aromatic heterocycles. The number of fused-ring (bicyclic) bond motifs is 1. The summed E-state index contributed by atoms with van der Waals surface area (Å²) in [4.78, 5) is 3.10. The van der Waals surface area contributed by atoms with Crippen LogP contribution in [-0.2, 0) is 17.3 Å². The third-order valence-electron chi connectivity index (χ3n) is 2.57. The summed E-state index contributed by atoms with van der Waals surface area (Å²) < 4.78 is 13.7.